The standard InChI is InChI=1S/C14H29N3O/c1-11(2)7-9-17(12-5-6-12)10-8-14(3,4)13(15)16-18/h11-12,18H,5-10H2,1-4H3,(H2,15,16). The molecule has 0 aliphatic heterocycles. The zero-order valence-corrected chi connectivity index (χ0v) is 12.3. The molecule has 1 aliphatic carbocycles. The van der Waals surface area contributed by atoms with E-state index in [1.165, 1.54) is 25.8 Å². The van der Waals surface area contributed by atoms with Crippen molar-refractivity contribution in [1.29, 1.82) is 0 Å². The van der Waals surface area contributed by atoms with Crippen LogP contribution in [0.1, 0.15) is 53.4 Å². The lowest BCUT2D eigenvalue weighted by Crippen LogP contribution is -2.37. The minimum atomic E-state index is -0.222. The van der Waals surface area contributed by atoms with Crippen molar-refractivity contribution in [1.82, 2.24) is 4.90 Å². The summed E-state index contributed by atoms with van der Waals surface area (Å²) in [6.45, 7) is 10.8. The summed E-state index contributed by atoms with van der Waals surface area (Å²) in [5, 5.41) is 11.9. The van der Waals surface area contributed by atoms with E-state index in [-0.39, 0.29) is 5.41 Å². The van der Waals surface area contributed by atoms with Crippen LogP contribution in [-0.2, 0) is 0 Å². The topological polar surface area (TPSA) is 61.8 Å². The average molecular weight is 255 g/mol. The maximum absolute atomic E-state index is 8.78. The largest absolute Gasteiger partial charge is 0.409 e. The second kappa shape index (κ2) is 6.41. The molecule has 4 nitrogen and oxygen atoms in total. The summed E-state index contributed by atoms with van der Waals surface area (Å²) in [7, 11) is 0. The van der Waals surface area contributed by atoms with Crippen molar-refractivity contribution in [3.63, 3.8) is 0 Å². The molecule has 0 radical (unpaired) electrons. The van der Waals surface area contributed by atoms with Gasteiger partial charge in [0.15, 0.2) is 0 Å². The van der Waals surface area contributed by atoms with E-state index in [2.05, 4.69) is 23.9 Å². The third-order valence-corrected chi connectivity index (χ3v) is 3.88. The fourth-order valence-electron chi connectivity index (χ4n) is 2.03. The number of hydrogen-bond acceptors (Lipinski definition) is 3. The Kier molecular flexibility index (Phi) is 5.45. The van der Waals surface area contributed by atoms with Crippen molar-refractivity contribution in [3.8, 4) is 0 Å². The van der Waals surface area contributed by atoms with E-state index in [1.54, 1.807) is 0 Å². The van der Waals surface area contributed by atoms with Crippen LogP contribution in [0.15, 0.2) is 5.16 Å². The van der Waals surface area contributed by atoms with Gasteiger partial charge in [-0.2, -0.15) is 0 Å². The van der Waals surface area contributed by atoms with Gasteiger partial charge in [-0.1, -0.05) is 32.9 Å². The minimum Gasteiger partial charge on any atom is -0.409 e. The summed E-state index contributed by atoms with van der Waals surface area (Å²) >= 11 is 0. The van der Waals surface area contributed by atoms with Crippen LogP contribution in [0.4, 0.5) is 0 Å². The molecule has 106 valence electrons. The molecule has 1 aliphatic rings. The van der Waals surface area contributed by atoms with Gasteiger partial charge in [0, 0.05) is 11.5 Å². The highest BCUT2D eigenvalue weighted by molar-refractivity contribution is 5.85. The molecule has 1 rings (SSSR count). The quantitative estimate of drug-likeness (QED) is 0.303. The molecule has 0 saturated heterocycles. The van der Waals surface area contributed by atoms with Gasteiger partial charge in [0.1, 0.15) is 5.84 Å². The van der Waals surface area contributed by atoms with E-state index in [4.69, 9.17) is 10.9 Å². The summed E-state index contributed by atoms with van der Waals surface area (Å²) in [5.74, 6) is 1.09. The Morgan fingerprint density at radius 3 is 2.44 bits per heavy atom. The van der Waals surface area contributed by atoms with E-state index >= 15 is 0 Å². The molecule has 1 fully saturated rings. The van der Waals surface area contributed by atoms with E-state index < -0.39 is 0 Å². The first-order chi connectivity index (χ1) is 8.36. The van der Waals surface area contributed by atoms with Gasteiger partial charge in [-0.25, -0.2) is 0 Å². The zero-order valence-electron chi connectivity index (χ0n) is 12.3. The summed E-state index contributed by atoms with van der Waals surface area (Å²) in [6, 6.07) is 0.784. The molecule has 0 heterocycles. The van der Waals surface area contributed by atoms with Crippen LogP contribution in [0.25, 0.3) is 0 Å². The van der Waals surface area contributed by atoms with Crippen LogP contribution in [0.2, 0.25) is 0 Å². The van der Waals surface area contributed by atoms with Crippen molar-refractivity contribution in [2.24, 2.45) is 22.2 Å². The third-order valence-electron chi connectivity index (χ3n) is 3.88. The van der Waals surface area contributed by atoms with E-state index in [9.17, 15) is 0 Å². The van der Waals surface area contributed by atoms with E-state index in [0.29, 0.717) is 5.84 Å². The highest BCUT2D eigenvalue weighted by atomic mass is 16.4. The van der Waals surface area contributed by atoms with Crippen molar-refractivity contribution in [2.75, 3.05) is 13.1 Å². The molecule has 0 aromatic rings. The molecular formula is C14H29N3O. The lowest BCUT2D eigenvalue weighted by atomic mass is 9.88. The fraction of sp³-hybridized carbons (Fsp3) is 0.929. The van der Waals surface area contributed by atoms with Crippen molar-refractivity contribution >= 4 is 5.84 Å². The molecule has 0 aromatic carbocycles. The minimum absolute atomic E-state index is 0.222. The van der Waals surface area contributed by atoms with Gasteiger partial charge in [-0.3, -0.25) is 0 Å². The Labute approximate surface area is 111 Å². The maximum Gasteiger partial charge on any atom is 0.144 e. The lowest BCUT2D eigenvalue weighted by Gasteiger charge is -2.29. The summed E-state index contributed by atoms with van der Waals surface area (Å²) in [6.07, 6.45) is 4.86. The molecule has 0 aromatic heterocycles. The molecule has 0 spiro atoms. The van der Waals surface area contributed by atoms with Crippen LogP contribution in [0.5, 0.6) is 0 Å². The zero-order chi connectivity index (χ0) is 13.8. The van der Waals surface area contributed by atoms with Gasteiger partial charge < -0.3 is 15.8 Å². The molecule has 1 saturated carbocycles. The molecule has 3 N–H and O–H groups in total. The monoisotopic (exact) mass is 255 g/mol. The average Bonchev–Trinajstić information content (AvgIpc) is 3.11. The van der Waals surface area contributed by atoms with Crippen molar-refractivity contribution in [2.45, 2.75) is 59.4 Å². The molecular weight excluding hydrogens is 226 g/mol. The third kappa shape index (κ3) is 4.84. The van der Waals surface area contributed by atoms with Gasteiger partial charge in [0.05, 0.1) is 0 Å². The first-order valence-corrected chi connectivity index (χ1v) is 7.09. The van der Waals surface area contributed by atoms with Crippen LogP contribution in [0, 0.1) is 11.3 Å². The molecule has 0 atom stereocenters. The smallest absolute Gasteiger partial charge is 0.144 e. The molecule has 0 unspecified atom stereocenters. The predicted octanol–water partition coefficient (Wildman–Crippen LogP) is 2.66. The highest BCUT2D eigenvalue weighted by Crippen LogP contribution is 2.30. The molecule has 0 amide bonds. The van der Waals surface area contributed by atoms with Crippen LogP contribution >= 0.6 is 0 Å². The van der Waals surface area contributed by atoms with Crippen LogP contribution in [0.3, 0.4) is 0 Å². The second-order valence-electron chi connectivity index (χ2n) is 6.57. The van der Waals surface area contributed by atoms with Gasteiger partial charge in [-0.15, -0.1) is 0 Å². The van der Waals surface area contributed by atoms with Crippen molar-refractivity contribution < 1.29 is 5.21 Å². The van der Waals surface area contributed by atoms with E-state index in [0.717, 1.165) is 24.9 Å². The van der Waals surface area contributed by atoms with Gasteiger partial charge in [0.2, 0.25) is 0 Å². The molecule has 0 bridgehead atoms. The Balaban J connectivity index is 2.42. The fourth-order valence-corrected chi connectivity index (χ4v) is 2.03. The number of nitrogens with two attached hydrogens (primary N) is 1. The Hall–Kier alpha value is -0.770. The molecule has 4 heteroatoms. The number of nitrogens with zero attached hydrogens (tertiary/aromatic N) is 2. The van der Waals surface area contributed by atoms with Gasteiger partial charge >= 0.3 is 0 Å². The van der Waals surface area contributed by atoms with Crippen LogP contribution < -0.4 is 5.73 Å². The van der Waals surface area contributed by atoms with Crippen LogP contribution in [-0.4, -0.2) is 35.1 Å². The molecule has 18 heavy (non-hydrogen) atoms. The SMILES string of the molecule is CC(C)CCN(CCC(C)(C)C(N)=NO)C1CC1. The first kappa shape index (κ1) is 15.3. The summed E-state index contributed by atoms with van der Waals surface area (Å²) in [4.78, 5) is 2.58. The number of amidine groups is 1. The number of hydrogen-bond donors (Lipinski definition) is 2. The number of rotatable bonds is 8. The Morgan fingerprint density at radius 1 is 1.39 bits per heavy atom. The highest BCUT2D eigenvalue weighted by Gasteiger charge is 2.31. The van der Waals surface area contributed by atoms with E-state index in [1.807, 2.05) is 13.8 Å². The predicted molar refractivity (Wildman–Crippen MR) is 75.9 cm³/mol. The summed E-state index contributed by atoms with van der Waals surface area (Å²) < 4.78 is 0. The Morgan fingerprint density at radius 2 is 2.00 bits per heavy atom. The second-order valence-corrected chi connectivity index (χ2v) is 6.57. The maximum atomic E-state index is 8.78. The van der Waals surface area contributed by atoms with Gasteiger partial charge in [-0.05, 0) is 44.7 Å². The summed E-state index contributed by atoms with van der Waals surface area (Å²) in [5.41, 5.74) is 5.51. The normalized spacial score (nSPS) is 17.8. The lowest BCUT2D eigenvalue weighted by molar-refractivity contribution is 0.221. The first-order valence-electron chi connectivity index (χ1n) is 7.09. The number of oxime groups is 1. The van der Waals surface area contributed by atoms with Crippen molar-refractivity contribution in [3.05, 3.63) is 0 Å². The van der Waals surface area contributed by atoms with Gasteiger partial charge in [0.25, 0.3) is 0 Å². The Bertz CT molecular complexity index is 283.